The van der Waals surface area contributed by atoms with Gasteiger partial charge in [-0.05, 0) is 30.9 Å². The zero-order valence-electron chi connectivity index (χ0n) is 14.5. The summed E-state index contributed by atoms with van der Waals surface area (Å²) in [7, 11) is 1.65. The molecule has 6 heteroatoms. The molecule has 1 N–H and O–H groups in total. The second-order valence-corrected chi connectivity index (χ2v) is 6.77. The number of ether oxygens (including phenoxy) is 2. The van der Waals surface area contributed by atoms with Crippen molar-refractivity contribution in [2.75, 3.05) is 26.9 Å². The summed E-state index contributed by atoms with van der Waals surface area (Å²) in [5, 5.41) is 7.62. The van der Waals surface area contributed by atoms with Crippen LogP contribution in [0, 0.1) is 5.92 Å². The number of fused-ring (bicyclic) bond motifs is 1. The standard InChI is InChI=1S/C19H23N3O3/c1-24-15-4-2-3-14(9-15)19-16-10-18(23)22(12-17(16)20-21-19)11-13-5-7-25-8-6-13/h2-4,9,13H,5-8,10-12H2,1H3,(H,20,21). The lowest BCUT2D eigenvalue weighted by molar-refractivity contribution is -0.133. The number of H-pyrrole nitrogens is 1. The Hall–Kier alpha value is -2.34. The van der Waals surface area contributed by atoms with Gasteiger partial charge in [-0.15, -0.1) is 0 Å². The molecule has 0 unspecified atom stereocenters. The van der Waals surface area contributed by atoms with Crippen LogP contribution >= 0.6 is 0 Å². The molecule has 1 aromatic carbocycles. The van der Waals surface area contributed by atoms with Crippen LogP contribution in [0.5, 0.6) is 5.75 Å². The fraction of sp³-hybridized carbons (Fsp3) is 0.474. The molecule has 0 bridgehead atoms. The Kier molecular flexibility index (Phi) is 4.44. The van der Waals surface area contributed by atoms with E-state index in [1.807, 2.05) is 29.2 Å². The molecule has 1 amide bonds. The van der Waals surface area contributed by atoms with E-state index in [0.717, 1.165) is 60.9 Å². The van der Waals surface area contributed by atoms with E-state index >= 15 is 0 Å². The first-order valence-corrected chi connectivity index (χ1v) is 8.80. The lowest BCUT2D eigenvalue weighted by Crippen LogP contribution is -2.40. The predicted molar refractivity (Wildman–Crippen MR) is 93.2 cm³/mol. The largest absolute Gasteiger partial charge is 0.497 e. The van der Waals surface area contributed by atoms with Gasteiger partial charge in [-0.3, -0.25) is 9.89 Å². The third kappa shape index (κ3) is 3.26. The van der Waals surface area contributed by atoms with Crippen LogP contribution in [0.1, 0.15) is 24.1 Å². The highest BCUT2D eigenvalue weighted by Crippen LogP contribution is 2.31. The molecule has 1 fully saturated rings. The van der Waals surface area contributed by atoms with Crippen LogP contribution in [0.4, 0.5) is 0 Å². The zero-order valence-corrected chi connectivity index (χ0v) is 14.5. The zero-order chi connectivity index (χ0) is 17.2. The number of nitrogens with zero attached hydrogens (tertiary/aromatic N) is 2. The fourth-order valence-electron chi connectivity index (χ4n) is 3.68. The molecular formula is C19H23N3O3. The Balaban J connectivity index is 1.54. The molecule has 0 aliphatic carbocycles. The molecule has 3 heterocycles. The highest BCUT2D eigenvalue weighted by molar-refractivity contribution is 5.83. The molecule has 0 radical (unpaired) electrons. The van der Waals surface area contributed by atoms with Gasteiger partial charge < -0.3 is 14.4 Å². The maximum absolute atomic E-state index is 12.7. The summed E-state index contributed by atoms with van der Waals surface area (Å²) in [6.45, 7) is 3.04. The van der Waals surface area contributed by atoms with Gasteiger partial charge in [-0.1, -0.05) is 12.1 Å². The number of benzene rings is 1. The average molecular weight is 341 g/mol. The minimum absolute atomic E-state index is 0.185. The number of aromatic amines is 1. The second-order valence-electron chi connectivity index (χ2n) is 6.77. The Bertz CT molecular complexity index is 765. The number of methoxy groups -OCH3 is 1. The van der Waals surface area contributed by atoms with Crippen LogP contribution in [0.15, 0.2) is 24.3 Å². The molecule has 6 nitrogen and oxygen atoms in total. The molecular weight excluding hydrogens is 318 g/mol. The summed E-state index contributed by atoms with van der Waals surface area (Å²) in [6.07, 6.45) is 2.48. The van der Waals surface area contributed by atoms with Crippen molar-refractivity contribution in [3.05, 3.63) is 35.5 Å². The third-order valence-corrected chi connectivity index (χ3v) is 5.15. The Labute approximate surface area is 147 Å². The number of carbonyl (C=O) groups is 1. The summed E-state index contributed by atoms with van der Waals surface area (Å²) in [5.74, 6) is 1.52. The molecule has 1 saturated heterocycles. The molecule has 0 atom stereocenters. The fourth-order valence-corrected chi connectivity index (χ4v) is 3.68. The minimum atomic E-state index is 0.185. The van der Waals surface area contributed by atoms with Crippen molar-refractivity contribution in [3.8, 4) is 17.0 Å². The first-order valence-electron chi connectivity index (χ1n) is 8.80. The summed E-state index contributed by atoms with van der Waals surface area (Å²) in [5.41, 5.74) is 3.89. The van der Waals surface area contributed by atoms with E-state index in [9.17, 15) is 4.79 Å². The quantitative estimate of drug-likeness (QED) is 0.927. The lowest BCUT2D eigenvalue weighted by Gasteiger charge is -2.32. The monoisotopic (exact) mass is 341 g/mol. The van der Waals surface area contributed by atoms with Gasteiger partial charge >= 0.3 is 0 Å². The van der Waals surface area contributed by atoms with Crippen molar-refractivity contribution in [1.82, 2.24) is 15.1 Å². The van der Waals surface area contributed by atoms with Gasteiger partial charge in [0.25, 0.3) is 0 Å². The Morgan fingerprint density at radius 2 is 2.20 bits per heavy atom. The number of rotatable bonds is 4. The van der Waals surface area contributed by atoms with Crippen molar-refractivity contribution in [2.45, 2.75) is 25.8 Å². The smallest absolute Gasteiger partial charge is 0.227 e. The molecule has 4 rings (SSSR count). The summed E-state index contributed by atoms with van der Waals surface area (Å²) < 4.78 is 10.7. The molecule has 2 aliphatic rings. The Morgan fingerprint density at radius 3 is 3.00 bits per heavy atom. The van der Waals surface area contributed by atoms with Crippen LogP contribution in [-0.4, -0.2) is 47.9 Å². The number of carbonyl (C=O) groups excluding carboxylic acids is 1. The van der Waals surface area contributed by atoms with Crippen LogP contribution in [0.3, 0.4) is 0 Å². The number of amides is 1. The minimum Gasteiger partial charge on any atom is -0.497 e. The van der Waals surface area contributed by atoms with Crippen molar-refractivity contribution in [3.63, 3.8) is 0 Å². The summed E-state index contributed by atoms with van der Waals surface area (Å²) in [4.78, 5) is 14.6. The van der Waals surface area contributed by atoms with E-state index in [-0.39, 0.29) is 5.91 Å². The molecule has 0 saturated carbocycles. The van der Waals surface area contributed by atoms with Gasteiger partial charge in [0.05, 0.1) is 31.5 Å². The highest BCUT2D eigenvalue weighted by Gasteiger charge is 2.30. The first kappa shape index (κ1) is 16.1. The van der Waals surface area contributed by atoms with Crippen molar-refractivity contribution >= 4 is 5.91 Å². The van der Waals surface area contributed by atoms with Gasteiger partial charge in [-0.25, -0.2) is 0 Å². The van der Waals surface area contributed by atoms with E-state index in [4.69, 9.17) is 9.47 Å². The highest BCUT2D eigenvalue weighted by atomic mass is 16.5. The van der Waals surface area contributed by atoms with Crippen molar-refractivity contribution in [2.24, 2.45) is 5.92 Å². The van der Waals surface area contributed by atoms with E-state index in [0.29, 0.717) is 18.9 Å². The third-order valence-electron chi connectivity index (χ3n) is 5.15. The topological polar surface area (TPSA) is 67.5 Å². The van der Waals surface area contributed by atoms with Gasteiger partial charge in [0.1, 0.15) is 5.75 Å². The van der Waals surface area contributed by atoms with Gasteiger partial charge in [0.15, 0.2) is 0 Å². The normalized spacial score (nSPS) is 18.3. The van der Waals surface area contributed by atoms with Gasteiger partial charge in [-0.2, -0.15) is 5.10 Å². The van der Waals surface area contributed by atoms with Crippen LogP contribution in [-0.2, 0) is 22.5 Å². The SMILES string of the molecule is COc1cccc(-c2n[nH]c3c2CC(=O)N(CC2CCOCC2)C3)c1. The van der Waals surface area contributed by atoms with Gasteiger partial charge in [0.2, 0.25) is 5.91 Å². The molecule has 2 aliphatic heterocycles. The number of nitrogens with one attached hydrogen (secondary N) is 1. The Morgan fingerprint density at radius 1 is 1.36 bits per heavy atom. The van der Waals surface area contributed by atoms with E-state index < -0.39 is 0 Å². The summed E-state index contributed by atoms with van der Waals surface area (Å²) in [6, 6.07) is 7.80. The number of hydrogen-bond acceptors (Lipinski definition) is 4. The van der Waals surface area contributed by atoms with E-state index in [1.54, 1.807) is 7.11 Å². The number of aromatic nitrogens is 2. The first-order chi connectivity index (χ1) is 12.2. The van der Waals surface area contributed by atoms with Gasteiger partial charge in [0, 0.05) is 30.9 Å². The van der Waals surface area contributed by atoms with Crippen molar-refractivity contribution < 1.29 is 14.3 Å². The predicted octanol–water partition coefficient (Wildman–Crippen LogP) is 2.40. The van der Waals surface area contributed by atoms with Crippen LogP contribution < -0.4 is 4.74 Å². The molecule has 25 heavy (non-hydrogen) atoms. The van der Waals surface area contributed by atoms with Crippen LogP contribution in [0.2, 0.25) is 0 Å². The van der Waals surface area contributed by atoms with E-state index in [2.05, 4.69) is 10.2 Å². The van der Waals surface area contributed by atoms with E-state index in [1.165, 1.54) is 0 Å². The number of hydrogen-bond donors (Lipinski definition) is 1. The maximum Gasteiger partial charge on any atom is 0.227 e. The molecule has 1 aromatic heterocycles. The second kappa shape index (κ2) is 6.88. The van der Waals surface area contributed by atoms with Crippen LogP contribution in [0.25, 0.3) is 11.3 Å². The molecule has 2 aromatic rings. The summed E-state index contributed by atoms with van der Waals surface area (Å²) >= 11 is 0. The average Bonchev–Trinajstić information content (AvgIpc) is 3.05. The maximum atomic E-state index is 12.7. The molecule has 0 spiro atoms. The molecule has 132 valence electrons. The van der Waals surface area contributed by atoms with Crippen molar-refractivity contribution in [1.29, 1.82) is 0 Å². The lowest BCUT2D eigenvalue weighted by atomic mass is 9.96.